The van der Waals surface area contributed by atoms with Crippen molar-refractivity contribution in [3.8, 4) is 0 Å². The Hall–Kier alpha value is -1.20. The number of rotatable bonds is 14. The van der Waals surface area contributed by atoms with Gasteiger partial charge in [0.25, 0.3) is 0 Å². The van der Waals surface area contributed by atoms with E-state index < -0.39 is 0 Å². The Morgan fingerprint density at radius 3 is 2.97 bits per heavy atom. The molecule has 0 aromatic carbocycles. The molecule has 1 N–H and O–H groups in total. The van der Waals surface area contributed by atoms with Crippen LogP contribution in [0.2, 0.25) is 0 Å². The highest BCUT2D eigenvalue weighted by Crippen LogP contribution is 2.41. The molecule has 0 bridgehead atoms. The van der Waals surface area contributed by atoms with Gasteiger partial charge in [-0.05, 0) is 93.4 Å². The number of aliphatic hydroxyl groups is 1. The molecular weight excluding hydrogens is 396 g/mol. The van der Waals surface area contributed by atoms with Crippen molar-refractivity contribution in [2.45, 2.75) is 58.8 Å². The van der Waals surface area contributed by atoms with E-state index in [0.717, 1.165) is 56.1 Å². The number of esters is 1. The lowest BCUT2D eigenvalue weighted by atomic mass is 9.84. The molecule has 0 amide bonds. The van der Waals surface area contributed by atoms with Crippen molar-refractivity contribution in [3.05, 3.63) is 36.1 Å². The third-order valence-corrected chi connectivity index (χ3v) is 7.33. The molecule has 4 atom stereocenters. The highest BCUT2D eigenvalue weighted by atomic mass is 32.2. The second-order valence-corrected chi connectivity index (χ2v) is 9.51. The van der Waals surface area contributed by atoms with Crippen LogP contribution in [-0.4, -0.2) is 42.4 Å². The van der Waals surface area contributed by atoms with Gasteiger partial charge in [-0.15, -0.1) is 11.8 Å². The van der Waals surface area contributed by atoms with Crippen LogP contribution in [0.25, 0.3) is 0 Å². The van der Waals surface area contributed by atoms with Gasteiger partial charge in [-0.1, -0.05) is 25.2 Å². The fourth-order valence-electron chi connectivity index (χ4n) is 4.42. The van der Waals surface area contributed by atoms with Gasteiger partial charge in [0.05, 0.1) is 19.0 Å². The van der Waals surface area contributed by atoms with Gasteiger partial charge in [0.1, 0.15) is 5.76 Å². The molecule has 1 unspecified atom stereocenters. The lowest BCUT2D eigenvalue weighted by molar-refractivity contribution is -0.139. The molecule has 0 radical (unpaired) electrons. The van der Waals surface area contributed by atoms with E-state index in [1.807, 2.05) is 6.92 Å². The zero-order chi connectivity index (χ0) is 21.6. The number of hydrogen-bond acceptors (Lipinski definition) is 5. The summed E-state index contributed by atoms with van der Waals surface area (Å²) in [6, 6.07) is 0. The van der Waals surface area contributed by atoms with Crippen LogP contribution >= 0.6 is 11.8 Å². The van der Waals surface area contributed by atoms with Gasteiger partial charge < -0.3 is 14.6 Å². The number of hydrogen-bond donors (Lipinski definition) is 1. The number of allylic oxidation sites excluding steroid dienone is 4. The number of carbonyl (C=O) groups is 1. The molecule has 0 spiro atoms. The third-order valence-electron chi connectivity index (χ3n) is 6.18. The van der Waals surface area contributed by atoms with Crippen molar-refractivity contribution in [1.29, 1.82) is 0 Å². The first-order valence-corrected chi connectivity index (χ1v) is 12.8. The van der Waals surface area contributed by atoms with E-state index in [1.165, 1.54) is 12.8 Å². The molecular formula is C25H40O4S. The molecule has 4 nitrogen and oxygen atoms in total. The summed E-state index contributed by atoms with van der Waals surface area (Å²) in [5, 5.41) is 9.74. The lowest BCUT2D eigenvalue weighted by Crippen LogP contribution is -2.17. The average molecular weight is 437 g/mol. The fourth-order valence-corrected chi connectivity index (χ4v) is 5.40. The molecule has 0 aliphatic heterocycles. The summed E-state index contributed by atoms with van der Waals surface area (Å²) in [6.45, 7) is 5.56. The minimum Gasteiger partial charge on any atom is -0.494 e. The summed E-state index contributed by atoms with van der Waals surface area (Å²) in [7, 11) is 0. The monoisotopic (exact) mass is 436 g/mol. The summed E-state index contributed by atoms with van der Waals surface area (Å²) in [5.74, 6) is 4.37. The van der Waals surface area contributed by atoms with E-state index >= 15 is 0 Å². The summed E-state index contributed by atoms with van der Waals surface area (Å²) in [6.07, 6.45) is 19.0. The topological polar surface area (TPSA) is 55.8 Å². The summed E-state index contributed by atoms with van der Waals surface area (Å²) in [5.41, 5.74) is 0. The molecule has 170 valence electrons. The highest BCUT2D eigenvalue weighted by Gasteiger charge is 2.31. The largest absolute Gasteiger partial charge is 0.494 e. The van der Waals surface area contributed by atoms with Crippen LogP contribution in [0.5, 0.6) is 0 Å². The maximum atomic E-state index is 11.5. The van der Waals surface area contributed by atoms with Crippen molar-refractivity contribution in [2.24, 2.45) is 23.7 Å². The van der Waals surface area contributed by atoms with Crippen molar-refractivity contribution in [2.75, 3.05) is 31.3 Å². The second kappa shape index (κ2) is 14.7. The number of ether oxygens (including phenoxy) is 2. The smallest absolute Gasteiger partial charge is 0.315 e. The van der Waals surface area contributed by atoms with E-state index in [9.17, 15) is 9.90 Å². The van der Waals surface area contributed by atoms with E-state index in [1.54, 1.807) is 11.8 Å². The Labute approximate surface area is 187 Å². The van der Waals surface area contributed by atoms with Crippen LogP contribution in [0, 0.1) is 23.7 Å². The molecule has 1 fully saturated rings. The zero-order valence-corrected chi connectivity index (χ0v) is 19.6. The molecule has 2 aliphatic carbocycles. The zero-order valence-electron chi connectivity index (χ0n) is 18.8. The van der Waals surface area contributed by atoms with E-state index in [4.69, 9.17) is 9.47 Å². The Kier molecular flexibility index (Phi) is 12.3. The van der Waals surface area contributed by atoms with Gasteiger partial charge in [-0.3, -0.25) is 4.79 Å². The van der Waals surface area contributed by atoms with Gasteiger partial charge in [0, 0.05) is 6.61 Å². The van der Waals surface area contributed by atoms with E-state index in [-0.39, 0.29) is 18.5 Å². The average Bonchev–Trinajstić information content (AvgIpc) is 3.10. The number of thioether (sulfide) groups is 1. The molecule has 2 rings (SSSR count). The quantitative estimate of drug-likeness (QED) is 0.220. The first-order valence-electron chi connectivity index (χ1n) is 11.6. The van der Waals surface area contributed by atoms with Crippen molar-refractivity contribution < 1.29 is 19.4 Å². The SMILES string of the molecule is CCOC(=O)CSC[C@H](CO)CC[C@H]1C(C)CC[C@@H]1/C=C/CCOC1=CCCC=C1. The van der Waals surface area contributed by atoms with Crippen LogP contribution in [0.15, 0.2) is 36.1 Å². The maximum absolute atomic E-state index is 11.5. The van der Waals surface area contributed by atoms with Crippen molar-refractivity contribution >= 4 is 17.7 Å². The molecule has 1 saturated carbocycles. The number of carbonyl (C=O) groups excluding carboxylic acids is 1. The molecule has 30 heavy (non-hydrogen) atoms. The van der Waals surface area contributed by atoms with Crippen LogP contribution in [0.4, 0.5) is 0 Å². The first kappa shape index (κ1) is 25.1. The second-order valence-electron chi connectivity index (χ2n) is 8.48. The fraction of sp³-hybridized carbons (Fsp3) is 0.720. The van der Waals surface area contributed by atoms with Gasteiger partial charge >= 0.3 is 5.97 Å². The molecule has 0 saturated heterocycles. The predicted octanol–water partition coefficient (Wildman–Crippen LogP) is 5.53. The van der Waals surface area contributed by atoms with Crippen LogP contribution in [0.3, 0.4) is 0 Å². The lowest BCUT2D eigenvalue weighted by Gasteiger charge is -2.23. The van der Waals surface area contributed by atoms with Crippen LogP contribution in [0.1, 0.15) is 58.8 Å². The van der Waals surface area contributed by atoms with E-state index in [0.29, 0.717) is 24.2 Å². The van der Waals surface area contributed by atoms with Crippen molar-refractivity contribution in [3.63, 3.8) is 0 Å². The van der Waals surface area contributed by atoms with Gasteiger partial charge in [0.2, 0.25) is 0 Å². The first-order chi connectivity index (χ1) is 14.6. The van der Waals surface area contributed by atoms with Crippen molar-refractivity contribution in [1.82, 2.24) is 0 Å². The molecule has 0 aromatic rings. The third kappa shape index (κ3) is 9.30. The van der Waals surface area contributed by atoms with Gasteiger partial charge in [-0.2, -0.15) is 0 Å². The minimum atomic E-state index is -0.159. The summed E-state index contributed by atoms with van der Waals surface area (Å²) >= 11 is 1.58. The normalized spacial score (nSPS) is 24.8. The Morgan fingerprint density at radius 2 is 2.23 bits per heavy atom. The Bertz CT molecular complexity index is 584. The Balaban J connectivity index is 1.68. The van der Waals surface area contributed by atoms with Crippen LogP contribution < -0.4 is 0 Å². The number of aliphatic hydroxyl groups excluding tert-OH is 1. The maximum Gasteiger partial charge on any atom is 0.315 e. The highest BCUT2D eigenvalue weighted by molar-refractivity contribution is 7.99. The molecule has 2 aliphatic rings. The summed E-state index contributed by atoms with van der Waals surface area (Å²) < 4.78 is 10.8. The van der Waals surface area contributed by atoms with E-state index in [2.05, 4.69) is 37.3 Å². The Morgan fingerprint density at radius 1 is 1.37 bits per heavy atom. The van der Waals surface area contributed by atoms with Gasteiger partial charge in [-0.25, -0.2) is 0 Å². The molecule has 0 aromatic heterocycles. The van der Waals surface area contributed by atoms with Gasteiger partial charge in [0.15, 0.2) is 0 Å². The molecule has 5 heteroatoms. The molecule has 0 heterocycles. The predicted molar refractivity (Wildman–Crippen MR) is 125 cm³/mol. The standard InChI is InChI=1S/C25H40O4S/c1-3-28-25(27)19-30-18-21(17-26)13-15-24-20(2)12-14-22(24)9-7-8-16-29-23-10-5-4-6-11-23/h5,7,9-11,20-22,24,26H,3-4,6,8,12-19H2,1-2H3/b9-7+/t20?,21-,22-,24-/m0/s1. The minimum absolute atomic E-state index is 0.159. The summed E-state index contributed by atoms with van der Waals surface area (Å²) in [4.78, 5) is 11.5. The van der Waals surface area contributed by atoms with Crippen LogP contribution in [-0.2, 0) is 14.3 Å².